The van der Waals surface area contributed by atoms with E-state index < -0.39 is 0 Å². The normalized spacial score (nSPS) is 14.4. The van der Waals surface area contributed by atoms with Gasteiger partial charge in [-0.15, -0.1) is 0 Å². The van der Waals surface area contributed by atoms with Gasteiger partial charge >= 0.3 is 0 Å². The topological polar surface area (TPSA) is 15.3 Å². The van der Waals surface area contributed by atoms with Crippen molar-refractivity contribution in [3.05, 3.63) is 0 Å². The fraction of sp³-hybridized carbons (Fsp3) is 1.00. The second-order valence-corrected chi connectivity index (χ2v) is 4.66. The Morgan fingerprint density at radius 3 is 1.81 bits per heavy atom. The van der Waals surface area contributed by atoms with Crippen molar-refractivity contribution in [2.45, 2.75) is 72.4 Å². The van der Waals surface area contributed by atoms with E-state index in [-0.39, 0.29) is 0 Å². The van der Waals surface area contributed by atoms with Gasteiger partial charge in [0, 0.05) is 11.6 Å². The molecule has 0 aliphatic heterocycles. The molecule has 0 radical (unpaired) electrons. The molecule has 1 atom stereocenters. The van der Waals surface area contributed by atoms with Gasteiger partial charge in [-0.3, -0.25) is 4.90 Å². The highest BCUT2D eigenvalue weighted by molar-refractivity contribution is 4.96. The average Bonchev–Trinajstić information content (AvgIpc) is 2.33. The lowest BCUT2D eigenvalue weighted by Crippen LogP contribution is -2.59. The number of hydrogen-bond acceptors (Lipinski definition) is 2. The summed E-state index contributed by atoms with van der Waals surface area (Å²) < 4.78 is 0. The predicted molar refractivity (Wildman–Crippen MR) is 74.0 cm³/mol. The van der Waals surface area contributed by atoms with Crippen LogP contribution in [0.15, 0.2) is 0 Å². The zero-order valence-electron chi connectivity index (χ0n) is 12.3. The molecular weight excluding hydrogens is 196 g/mol. The Morgan fingerprint density at radius 1 is 1.00 bits per heavy atom. The van der Waals surface area contributed by atoms with Gasteiger partial charge in [0.25, 0.3) is 0 Å². The maximum atomic E-state index is 3.68. The first-order chi connectivity index (χ1) is 7.62. The lowest BCUT2D eigenvalue weighted by Gasteiger charge is -2.47. The van der Waals surface area contributed by atoms with E-state index in [0.29, 0.717) is 11.6 Å². The molecule has 0 saturated heterocycles. The summed E-state index contributed by atoms with van der Waals surface area (Å²) in [6, 6.07) is 0.572. The highest BCUT2D eigenvalue weighted by atomic mass is 15.2. The minimum absolute atomic E-state index is 0.332. The zero-order valence-corrected chi connectivity index (χ0v) is 12.3. The van der Waals surface area contributed by atoms with Gasteiger partial charge in [0.15, 0.2) is 0 Å². The summed E-state index contributed by atoms with van der Waals surface area (Å²) in [7, 11) is 0. The third-order valence-electron chi connectivity index (χ3n) is 4.12. The fourth-order valence-electron chi connectivity index (χ4n) is 2.99. The average molecular weight is 228 g/mol. The van der Waals surface area contributed by atoms with E-state index in [1.54, 1.807) is 0 Å². The van der Waals surface area contributed by atoms with Crippen molar-refractivity contribution < 1.29 is 0 Å². The van der Waals surface area contributed by atoms with Crippen LogP contribution in [0.3, 0.4) is 0 Å². The van der Waals surface area contributed by atoms with Crippen molar-refractivity contribution in [1.82, 2.24) is 10.2 Å². The molecule has 0 rings (SSSR count). The van der Waals surface area contributed by atoms with Gasteiger partial charge in [0.2, 0.25) is 0 Å². The number of likely N-dealkylation sites (N-methyl/N-ethyl adjacent to an activating group) is 1. The Morgan fingerprint density at radius 2 is 1.50 bits per heavy atom. The molecule has 0 fully saturated rings. The third-order valence-corrected chi connectivity index (χ3v) is 4.12. The van der Waals surface area contributed by atoms with Crippen molar-refractivity contribution in [1.29, 1.82) is 0 Å². The molecule has 0 bridgehead atoms. The lowest BCUT2D eigenvalue weighted by molar-refractivity contribution is 0.0556. The van der Waals surface area contributed by atoms with Crippen LogP contribution in [0.4, 0.5) is 0 Å². The SMILES string of the molecule is CCCNC(C)C(CC)(CC)N(CC)CC. The fourth-order valence-corrected chi connectivity index (χ4v) is 2.99. The molecular formula is C14H32N2. The van der Waals surface area contributed by atoms with E-state index in [0.717, 1.165) is 19.6 Å². The second-order valence-electron chi connectivity index (χ2n) is 4.66. The number of rotatable bonds is 9. The Hall–Kier alpha value is -0.0800. The molecule has 1 unspecified atom stereocenters. The Labute approximate surface area is 103 Å². The maximum Gasteiger partial charge on any atom is 0.0354 e. The molecule has 0 amide bonds. The second kappa shape index (κ2) is 8.08. The summed E-state index contributed by atoms with van der Waals surface area (Å²) in [4.78, 5) is 2.63. The van der Waals surface area contributed by atoms with Crippen molar-refractivity contribution in [2.75, 3.05) is 19.6 Å². The Bertz CT molecular complexity index is 160. The van der Waals surface area contributed by atoms with E-state index in [2.05, 4.69) is 51.8 Å². The molecule has 2 heteroatoms. The van der Waals surface area contributed by atoms with Crippen LogP contribution < -0.4 is 5.32 Å². The van der Waals surface area contributed by atoms with Crippen LogP contribution in [0, 0.1) is 0 Å². The molecule has 2 nitrogen and oxygen atoms in total. The first-order valence-electron chi connectivity index (χ1n) is 7.11. The van der Waals surface area contributed by atoms with Gasteiger partial charge < -0.3 is 5.32 Å². The summed E-state index contributed by atoms with van der Waals surface area (Å²) >= 11 is 0. The third kappa shape index (κ3) is 3.46. The molecule has 16 heavy (non-hydrogen) atoms. The first-order valence-corrected chi connectivity index (χ1v) is 7.11. The summed E-state index contributed by atoms with van der Waals surface area (Å²) in [6.07, 6.45) is 3.66. The van der Waals surface area contributed by atoms with Crippen LogP contribution in [0.25, 0.3) is 0 Å². The maximum absolute atomic E-state index is 3.68. The largest absolute Gasteiger partial charge is 0.312 e. The quantitative estimate of drug-likeness (QED) is 0.651. The van der Waals surface area contributed by atoms with Gasteiger partial charge in [-0.25, -0.2) is 0 Å². The lowest BCUT2D eigenvalue weighted by atomic mass is 9.83. The molecule has 0 aromatic carbocycles. The van der Waals surface area contributed by atoms with Gasteiger partial charge in [0.1, 0.15) is 0 Å². The molecule has 98 valence electrons. The molecule has 0 aliphatic carbocycles. The van der Waals surface area contributed by atoms with Gasteiger partial charge in [-0.05, 0) is 45.8 Å². The van der Waals surface area contributed by atoms with Crippen molar-refractivity contribution in [3.63, 3.8) is 0 Å². The van der Waals surface area contributed by atoms with Gasteiger partial charge in [-0.1, -0.05) is 34.6 Å². The highest BCUT2D eigenvalue weighted by Gasteiger charge is 2.36. The molecule has 1 N–H and O–H groups in total. The number of hydrogen-bond donors (Lipinski definition) is 1. The zero-order chi connectivity index (χ0) is 12.6. The smallest absolute Gasteiger partial charge is 0.0354 e. The predicted octanol–water partition coefficient (Wildman–Crippen LogP) is 3.28. The van der Waals surface area contributed by atoms with Crippen molar-refractivity contribution in [3.8, 4) is 0 Å². The minimum Gasteiger partial charge on any atom is -0.312 e. The van der Waals surface area contributed by atoms with Crippen LogP contribution in [0.5, 0.6) is 0 Å². The van der Waals surface area contributed by atoms with E-state index in [9.17, 15) is 0 Å². The molecule has 0 heterocycles. The summed E-state index contributed by atoms with van der Waals surface area (Å²) in [5.41, 5.74) is 0.332. The Balaban J connectivity index is 4.76. The summed E-state index contributed by atoms with van der Waals surface area (Å²) in [5.74, 6) is 0. The van der Waals surface area contributed by atoms with Crippen molar-refractivity contribution in [2.24, 2.45) is 0 Å². The van der Waals surface area contributed by atoms with Crippen molar-refractivity contribution >= 4 is 0 Å². The summed E-state index contributed by atoms with van der Waals surface area (Å²) in [6.45, 7) is 17.2. The molecule has 0 spiro atoms. The first kappa shape index (κ1) is 15.9. The van der Waals surface area contributed by atoms with E-state index in [1.165, 1.54) is 19.3 Å². The standard InChI is InChI=1S/C14H32N2/c1-7-12-15-13(6)14(8-2,9-3)16(10-4)11-5/h13,15H,7-12H2,1-6H3. The monoisotopic (exact) mass is 228 g/mol. The minimum atomic E-state index is 0.332. The van der Waals surface area contributed by atoms with Crippen LogP contribution in [-0.4, -0.2) is 36.1 Å². The van der Waals surface area contributed by atoms with Crippen LogP contribution >= 0.6 is 0 Å². The molecule has 0 aliphatic rings. The number of nitrogens with zero attached hydrogens (tertiary/aromatic N) is 1. The molecule has 0 saturated carbocycles. The number of nitrogens with one attached hydrogen (secondary N) is 1. The van der Waals surface area contributed by atoms with E-state index in [1.807, 2.05) is 0 Å². The Kier molecular flexibility index (Phi) is 8.04. The molecule has 0 aromatic rings. The van der Waals surface area contributed by atoms with Gasteiger partial charge in [-0.2, -0.15) is 0 Å². The van der Waals surface area contributed by atoms with E-state index >= 15 is 0 Å². The molecule has 0 aromatic heterocycles. The summed E-state index contributed by atoms with van der Waals surface area (Å²) in [5, 5.41) is 3.68. The van der Waals surface area contributed by atoms with Gasteiger partial charge in [0.05, 0.1) is 0 Å². The van der Waals surface area contributed by atoms with Crippen LogP contribution in [-0.2, 0) is 0 Å². The van der Waals surface area contributed by atoms with E-state index in [4.69, 9.17) is 0 Å². The van der Waals surface area contributed by atoms with Crippen LogP contribution in [0.2, 0.25) is 0 Å². The van der Waals surface area contributed by atoms with Crippen LogP contribution in [0.1, 0.15) is 60.8 Å². The highest BCUT2D eigenvalue weighted by Crippen LogP contribution is 2.27.